The van der Waals surface area contributed by atoms with Gasteiger partial charge in [-0.15, -0.1) is 0 Å². The highest BCUT2D eigenvalue weighted by Gasteiger charge is 2.07. The standard InChI is InChI=1S/C14H10N2O/c1-16-10-3-5-14-12(7-10)11-6-9(8-15)2-4-13(11)17-14/h2-7,16H,1H3. The quantitative estimate of drug-likeness (QED) is 0.685. The van der Waals surface area contributed by atoms with Gasteiger partial charge in [-0.3, -0.25) is 0 Å². The Morgan fingerprint density at radius 3 is 2.47 bits per heavy atom. The minimum Gasteiger partial charge on any atom is -0.456 e. The molecule has 1 N–H and O–H groups in total. The molecule has 0 unspecified atom stereocenters. The Hall–Kier alpha value is -2.47. The lowest BCUT2D eigenvalue weighted by atomic mass is 10.1. The summed E-state index contributed by atoms with van der Waals surface area (Å²) >= 11 is 0. The molecule has 0 atom stereocenters. The highest BCUT2D eigenvalue weighted by atomic mass is 16.3. The molecule has 0 radical (unpaired) electrons. The Labute approximate surface area is 98.3 Å². The molecule has 3 rings (SSSR count). The zero-order valence-corrected chi connectivity index (χ0v) is 9.32. The summed E-state index contributed by atoms with van der Waals surface area (Å²) in [6, 6.07) is 13.6. The smallest absolute Gasteiger partial charge is 0.135 e. The summed E-state index contributed by atoms with van der Waals surface area (Å²) in [5.41, 5.74) is 3.33. The molecule has 0 aliphatic rings. The molecule has 0 saturated heterocycles. The number of nitriles is 1. The van der Waals surface area contributed by atoms with Crippen LogP contribution in [-0.4, -0.2) is 7.05 Å². The normalized spacial score (nSPS) is 10.6. The monoisotopic (exact) mass is 222 g/mol. The molecule has 0 aliphatic carbocycles. The number of furan rings is 1. The second-order valence-electron chi connectivity index (χ2n) is 3.89. The molecule has 0 amide bonds. The first-order valence-electron chi connectivity index (χ1n) is 5.36. The minimum atomic E-state index is 0.648. The first kappa shape index (κ1) is 9.73. The largest absolute Gasteiger partial charge is 0.456 e. The first-order valence-corrected chi connectivity index (χ1v) is 5.36. The van der Waals surface area contributed by atoms with Gasteiger partial charge in [0.2, 0.25) is 0 Å². The van der Waals surface area contributed by atoms with E-state index in [0.29, 0.717) is 5.56 Å². The van der Waals surface area contributed by atoms with Crippen molar-refractivity contribution in [1.82, 2.24) is 0 Å². The lowest BCUT2D eigenvalue weighted by Crippen LogP contribution is -1.85. The van der Waals surface area contributed by atoms with Gasteiger partial charge in [0.05, 0.1) is 11.6 Å². The molecule has 17 heavy (non-hydrogen) atoms. The van der Waals surface area contributed by atoms with Crippen molar-refractivity contribution in [2.45, 2.75) is 0 Å². The van der Waals surface area contributed by atoms with E-state index in [4.69, 9.17) is 9.68 Å². The van der Waals surface area contributed by atoms with Crippen LogP contribution in [0, 0.1) is 11.3 Å². The second-order valence-corrected chi connectivity index (χ2v) is 3.89. The van der Waals surface area contributed by atoms with Gasteiger partial charge in [-0.25, -0.2) is 0 Å². The minimum absolute atomic E-state index is 0.648. The molecule has 82 valence electrons. The highest BCUT2D eigenvalue weighted by Crippen LogP contribution is 2.31. The highest BCUT2D eigenvalue weighted by molar-refractivity contribution is 6.06. The van der Waals surface area contributed by atoms with Crippen LogP contribution in [0.4, 0.5) is 5.69 Å². The van der Waals surface area contributed by atoms with Crippen LogP contribution in [-0.2, 0) is 0 Å². The number of hydrogen-bond acceptors (Lipinski definition) is 3. The molecular formula is C14H10N2O. The SMILES string of the molecule is CNc1ccc2oc3ccc(C#N)cc3c2c1. The van der Waals surface area contributed by atoms with E-state index in [0.717, 1.165) is 27.6 Å². The van der Waals surface area contributed by atoms with Crippen LogP contribution < -0.4 is 5.32 Å². The van der Waals surface area contributed by atoms with E-state index in [1.165, 1.54) is 0 Å². The number of nitrogens with one attached hydrogen (secondary N) is 1. The van der Waals surface area contributed by atoms with E-state index >= 15 is 0 Å². The van der Waals surface area contributed by atoms with Gasteiger partial charge in [0.25, 0.3) is 0 Å². The van der Waals surface area contributed by atoms with Gasteiger partial charge in [-0.1, -0.05) is 0 Å². The fourth-order valence-corrected chi connectivity index (χ4v) is 2.00. The van der Waals surface area contributed by atoms with Crippen molar-refractivity contribution in [2.24, 2.45) is 0 Å². The van der Waals surface area contributed by atoms with Gasteiger partial charge < -0.3 is 9.73 Å². The number of benzene rings is 2. The molecule has 1 aromatic heterocycles. The number of anilines is 1. The number of nitrogens with zero attached hydrogens (tertiary/aromatic N) is 1. The number of rotatable bonds is 1. The number of fused-ring (bicyclic) bond motifs is 3. The molecule has 3 nitrogen and oxygen atoms in total. The van der Waals surface area contributed by atoms with E-state index in [9.17, 15) is 0 Å². The first-order chi connectivity index (χ1) is 8.31. The Bertz CT molecular complexity index is 750. The van der Waals surface area contributed by atoms with Gasteiger partial charge >= 0.3 is 0 Å². The molecular weight excluding hydrogens is 212 g/mol. The van der Waals surface area contributed by atoms with Crippen LogP contribution in [0.3, 0.4) is 0 Å². The molecule has 1 heterocycles. The maximum Gasteiger partial charge on any atom is 0.135 e. The maximum absolute atomic E-state index is 8.91. The van der Waals surface area contributed by atoms with E-state index in [1.54, 1.807) is 6.07 Å². The Morgan fingerprint density at radius 2 is 1.76 bits per heavy atom. The van der Waals surface area contributed by atoms with E-state index in [2.05, 4.69) is 11.4 Å². The van der Waals surface area contributed by atoms with E-state index in [-0.39, 0.29) is 0 Å². The van der Waals surface area contributed by atoms with Crippen LogP contribution in [0.5, 0.6) is 0 Å². The van der Waals surface area contributed by atoms with Crippen molar-refractivity contribution < 1.29 is 4.42 Å². The Balaban J connectivity index is 2.42. The molecule has 0 aliphatic heterocycles. The zero-order chi connectivity index (χ0) is 11.8. The van der Waals surface area contributed by atoms with E-state index < -0.39 is 0 Å². The average molecular weight is 222 g/mol. The van der Waals surface area contributed by atoms with Crippen molar-refractivity contribution in [3.8, 4) is 6.07 Å². The molecule has 3 aromatic rings. The van der Waals surface area contributed by atoms with Crippen molar-refractivity contribution >= 4 is 27.6 Å². The summed E-state index contributed by atoms with van der Waals surface area (Å²) < 4.78 is 5.71. The molecule has 3 heteroatoms. The van der Waals surface area contributed by atoms with Gasteiger partial charge in [0.1, 0.15) is 11.2 Å². The summed E-state index contributed by atoms with van der Waals surface area (Å²) in [6.45, 7) is 0. The van der Waals surface area contributed by atoms with Crippen molar-refractivity contribution in [3.05, 3.63) is 42.0 Å². The predicted molar refractivity (Wildman–Crippen MR) is 68.0 cm³/mol. The predicted octanol–water partition coefficient (Wildman–Crippen LogP) is 3.50. The summed E-state index contributed by atoms with van der Waals surface area (Å²) in [4.78, 5) is 0. The van der Waals surface area contributed by atoms with Crippen LogP contribution in [0.15, 0.2) is 40.8 Å². The van der Waals surface area contributed by atoms with Gasteiger partial charge in [-0.05, 0) is 36.4 Å². The topological polar surface area (TPSA) is 49.0 Å². The van der Waals surface area contributed by atoms with Crippen LogP contribution in [0.1, 0.15) is 5.56 Å². The molecule has 0 fully saturated rings. The van der Waals surface area contributed by atoms with Crippen LogP contribution >= 0.6 is 0 Å². The maximum atomic E-state index is 8.91. The Morgan fingerprint density at radius 1 is 1.06 bits per heavy atom. The van der Waals surface area contributed by atoms with Gasteiger partial charge in [0.15, 0.2) is 0 Å². The molecule has 0 spiro atoms. The number of hydrogen-bond donors (Lipinski definition) is 1. The van der Waals surface area contributed by atoms with Crippen LogP contribution in [0.2, 0.25) is 0 Å². The second kappa shape index (κ2) is 3.53. The third kappa shape index (κ3) is 1.42. The summed E-state index contributed by atoms with van der Waals surface area (Å²) in [5.74, 6) is 0. The molecule has 0 saturated carbocycles. The summed E-state index contributed by atoms with van der Waals surface area (Å²) in [5, 5.41) is 14.0. The summed E-state index contributed by atoms with van der Waals surface area (Å²) in [7, 11) is 1.88. The van der Waals surface area contributed by atoms with Gasteiger partial charge in [0, 0.05) is 23.5 Å². The van der Waals surface area contributed by atoms with Crippen molar-refractivity contribution in [3.63, 3.8) is 0 Å². The van der Waals surface area contributed by atoms with E-state index in [1.807, 2.05) is 37.4 Å². The fraction of sp³-hybridized carbons (Fsp3) is 0.0714. The molecule has 2 aromatic carbocycles. The average Bonchev–Trinajstić information content (AvgIpc) is 2.75. The lowest BCUT2D eigenvalue weighted by Gasteiger charge is -1.98. The molecule has 0 bridgehead atoms. The third-order valence-corrected chi connectivity index (χ3v) is 2.89. The fourth-order valence-electron chi connectivity index (χ4n) is 2.00. The van der Waals surface area contributed by atoms with Crippen molar-refractivity contribution in [2.75, 3.05) is 12.4 Å². The zero-order valence-electron chi connectivity index (χ0n) is 9.32. The summed E-state index contributed by atoms with van der Waals surface area (Å²) in [6.07, 6.45) is 0. The van der Waals surface area contributed by atoms with Gasteiger partial charge in [-0.2, -0.15) is 5.26 Å². The third-order valence-electron chi connectivity index (χ3n) is 2.89. The van der Waals surface area contributed by atoms with Crippen molar-refractivity contribution in [1.29, 1.82) is 5.26 Å². The lowest BCUT2D eigenvalue weighted by molar-refractivity contribution is 0.669. The van der Waals surface area contributed by atoms with Crippen LogP contribution in [0.25, 0.3) is 21.9 Å². The Kier molecular flexibility index (Phi) is 2.02.